The average Bonchev–Trinajstić information content (AvgIpc) is 2.05. The van der Waals surface area contributed by atoms with Crippen molar-refractivity contribution in [1.82, 2.24) is 0 Å². The van der Waals surface area contributed by atoms with Gasteiger partial charge in [-0.15, -0.1) is 0 Å². The first-order chi connectivity index (χ1) is 5.75. The highest BCUT2D eigenvalue weighted by Gasteiger charge is 2.25. The van der Waals surface area contributed by atoms with Crippen LogP contribution in [0.25, 0.3) is 0 Å². The van der Waals surface area contributed by atoms with Crippen molar-refractivity contribution in [2.75, 3.05) is 6.61 Å². The highest BCUT2D eigenvalue weighted by molar-refractivity contribution is 5.73. The molecule has 0 spiro atoms. The number of hydrogen-bond acceptors (Lipinski definition) is 2. The lowest BCUT2D eigenvalue weighted by Gasteiger charge is -2.22. The summed E-state index contributed by atoms with van der Waals surface area (Å²) in [4.78, 5) is 11.4. The van der Waals surface area contributed by atoms with Gasteiger partial charge in [0.1, 0.15) is 0 Å². The zero-order valence-corrected chi connectivity index (χ0v) is 7.75. The molecule has 1 rings (SSSR count). The second kappa shape index (κ2) is 4.29. The summed E-state index contributed by atoms with van der Waals surface area (Å²) in [5, 5.41) is 0. The summed E-state index contributed by atoms with van der Waals surface area (Å²) in [5.41, 5.74) is 0. The maximum absolute atomic E-state index is 11.4. The second-order valence-corrected chi connectivity index (χ2v) is 3.22. The predicted molar refractivity (Wildman–Crippen MR) is 47.7 cm³/mol. The van der Waals surface area contributed by atoms with Gasteiger partial charge in [-0.3, -0.25) is 4.79 Å². The molecule has 2 heteroatoms. The molecule has 0 unspecified atom stereocenters. The number of carbonyl (C=O) groups excluding carboxylic acids is 1. The van der Waals surface area contributed by atoms with Crippen molar-refractivity contribution in [2.45, 2.75) is 26.7 Å². The van der Waals surface area contributed by atoms with E-state index in [1.807, 2.05) is 6.92 Å². The lowest BCUT2D eigenvalue weighted by atomic mass is 9.85. The Bertz CT molecular complexity index is 184. The summed E-state index contributed by atoms with van der Waals surface area (Å²) in [5.74, 6) is 0.405. The molecule has 0 aromatic carbocycles. The van der Waals surface area contributed by atoms with E-state index in [9.17, 15) is 4.79 Å². The maximum Gasteiger partial charge on any atom is 0.309 e. The van der Waals surface area contributed by atoms with E-state index >= 15 is 0 Å². The van der Waals surface area contributed by atoms with Gasteiger partial charge in [-0.1, -0.05) is 19.1 Å². The zero-order chi connectivity index (χ0) is 8.97. The molecule has 0 aromatic heterocycles. The molecule has 0 heterocycles. The Labute approximate surface area is 73.6 Å². The van der Waals surface area contributed by atoms with Crippen LogP contribution in [-0.4, -0.2) is 12.6 Å². The van der Waals surface area contributed by atoms with Gasteiger partial charge in [-0.05, 0) is 25.7 Å². The molecule has 1 aliphatic rings. The minimum absolute atomic E-state index is 0.0330. The van der Waals surface area contributed by atoms with Crippen LogP contribution >= 0.6 is 0 Å². The van der Waals surface area contributed by atoms with Crippen LogP contribution in [0.3, 0.4) is 0 Å². The van der Waals surface area contributed by atoms with Gasteiger partial charge < -0.3 is 4.74 Å². The van der Waals surface area contributed by atoms with Gasteiger partial charge in [0.2, 0.25) is 0 Å². The summed E-state index contributed by atoms with van der Waals surface area (Å²) in [6.45, 7) is 4.41. The number of carbonyl (C=O) groups is 1. The van der Waals surface area contributed by atoms with Crippen LogP contribution in [0.2, 0.25) is 0 Å². The number of esters is 1. The van der Waals surface area contributed by atoms with Gasteiger partial charge in [-0.2, -0.15) is 0 Å². The van der Waals surface area contributed by atoms with Crippen molar-refractivity contribution >= 4 is 5.97 Å². The summed E-state index contributed by atoms with van der Waals surface area (Å²) in [6, 6.07) is 0. The summed E-state index contributed by atoms with van der Waals surface area (Å²) in [6.07, 6.45) is 6.19. The molecule has 0 bridgehead atoms. The van der Waals surface area contributed by atoms with E-state index in [1.165, 1.54) is 0 Å². The van der Waals surface area contributed by atoms with Gasteiger partial charge in [0.15, 0.2) is 0 Å². The molecule has 68 valence electrons. The highest BCUT2D eigenvalue weighted by Crippen LogP contribution is 2.25. The van der Waals surface area contributed by atoms with E-state index in [0.29, 0.717) is 12.5 Å². The fourth-order valence-electron chi connectivity index (χ4n) is 1.57. The Kier molecular flexibility index (Phi) is 3.32. The fourth-order valence-corrected chi connectivity index (χ4v) is 1.57. The zero-order valence-electron chi connectivity index (χ0n) is 7.75. The standard InChI is InChI=1S/C10H16O2/c1-3-12-10(11)9-7-5-4-6-8(9)2/h4,6,8-9H,3,5,7H2,1-2H3/t8-,9-/m1/s1. The van der Waals surface area contributed by atoms with Crippen LogP contribution in [0.4, 0.5) is 0 Å². The van der Waals surface area contributed by atoms with Gasteiger partial charge in [0.05, 0.1) is 12.5 Å². The first-order valence-electron chi connectivity index (χ1n) is 4.59. The van der Waals surface area contributed by atoms with Gasteiger partial charge >= 0.3 is 5.97 Å². The second-order valence-electron chi connectivity index (χ2n) is 3.22. The quantitative estimate of drug-likeness (QED) is 0.466. The van der Waals surface area contributed by atoms with Gasteiger partial charge in [0.25, 0.3) is 0 Å². The molecule has 0 radical (unpaired) electrons. The summed E-state index contributed by atoms with van der Waals surface area (Å²) >= 11 is 0. The van der Waals surface area contributed by atoms with Crippen molar-refractivity contribution < 1.29 is 9.53 Å². The third-order valence-corrected chi connectivity index (χ3v) is 2.31. The first kappa shape index (κ1) is 9.30. The SMILES string of the molecule is CCOC(=O)[C@@H]1CCC=C[C@H]1C. The summed E-state index contributed by atoms with van der Waals surface area (Å²) in [7, 11) is 0. The molecule has 2 nitrogen and oxygen atoms in total. The van der Waals surface area contributed by atoms with Gasteiger partial charge in [-0.25, -0.2) is 0 Å². The minimum atomic E-state index is -0.0330. The van der Waals surface area contributed by atoms with E-state index in [1.54, 1.807) is 0 Å². The third-order valence-electron chi connectivity index (χ3n) is 2.31. The smallest absolute Gasteiger partial charge is 0.309 e. The number of hydrogen-bond donors (Lipinski definition) is 0. The molecular formula is C10H16O2. The van der Waals surface area contributed by atoms with Crippen LogP contribution in [0, 0.1) is 11.8 Å². The van der Waals surface area contributed by atoms with Crippen LogP contribution in [0.15, 0.2) is 12.2 Å². The van der Waals surface area contributed by atoms with Crippen LogP contribution in [0.1, 0.15) is 26.7 Å². The van der Waals surface area contributed by atoms with Crippen molar-refractivity contribution in [3.05, 3.63) is 12.2 Å². The Morgan fingerprint density at radius 1 is 1.67 bits per heavy atom. The number of rotatable bonds is 2. The van der Waals surface area contributed by atoms with Crippen LogP contribution < -0.4 is 0 Å². The monoisotopic (exact) mass is 168 g/mol. The van der Waals surface area contributed by atoms with E-state index < -0.39 is 0 Å². The predicted octanol–water partition coefficient (Wildman–Crippen LogP) is 2.15. The summed E-state index contributed by atoms with van der Waals surface area (Å²) < 4.78 is 4.98. The van der Waals surface area contributed by atoms with E-state index in [4.69, 9.17) is 4.74 Å². The number of ether oxygens (including phenoxy) is 1. The Morgan fingerprint density at radius 3 is 3.00 bits per heavy atom. The molecule has 12 heavy (non-hydrogen) atoms. The lowest BCUT2D eigenvalue weighted by molar-refractivity contribution is -0.149. The highest BCUT2D eigenvalue weighted by atomic mass is 16.5. The molecule has 2 atom stereocenters. The molecule has 0 aliphatic heterocycles. The van der Waals surface area contributed by atoms with Crippen molar-refractivity contribution in [2.24, 2.45) is 11.8 Å². The maximum atomic E-state index is 11.4. The van der Waals surface area contributed by atoms with Crippen LogP contribution in [0.5, 0.6) is 0 Å². The molecule has 0 amide bonds. The van der Waals surface area contributed by atoms with Gasteiger partial charge in [0, 0.05) is 0 Å². The van der Waals surface area contributed by atoms with Crippen molar-refractivity contribution in [3.63, 3.8) is 0 Å². The normalized spacial score (nSPS) is 28.5. The topological polar surface area (TPSA) is 26.3 Å². The van der Waals surface area contributed by atoms with Crippen molar-refractivity contribution in [3.8, 4) is 0 Å². The van der Waals surface area contributed by atoms with E-state index in [-0.39, 0.29) is 11.9 Å². The van der Waals surface area contributed by atoms with E-state index in [0.717, 1.165) is 12.8 Å². The fraction of sp³-hybridized carbons (Fsp3) is 0.700. The van der Waals surface area contributed by atoms with Crippen LogP contribution in [-0.2, 0) is 9.53 Å². The molecule has 0 N–H and O–H groups in total. The largest absolute Gasteiger partial charge is 0.466 e. The Hall–Kier alpha value is -0.790. The Balaban J connectivity index is 2.50. The lowest BCUT2D eigenvalue weighted by Crippen LogP contribution is -2.24. The first-order valence-corrected chi connectivity index (χ1v) is 4.59. The molecule has 1 aliphatic carbocycles. The molecule has 0 fully saturated rings. The minimum Gasteiger partial charge on any atom is -0.466 e. The molecule has 0 saturated carbocycles. The molecular weight excluding hydrogens is 152 g/mol. The van der Waals surface area contributed by atoms with Crippen molar-refractivity contribution in [1.29, 1.82) is 0 Å². The third kappa shape index (κ3) is 2.10. The van der Waals surface area contributed by atoms with E-state index in [2.05, 4.69) is 19.1 Å². The number of allylic oxidation sites excluding steroid dienone is 2. The molecule has 0 saturated heterocycles. The average molecular weight is 168 g/mol. The Morgan fingerprint density at radius 2 is 2.42 bits per heavy atom. The molecule has 0 aromatic rings.